The number of nitrogens with one attached hydrogen (secondary N) is 1. The summed E-state index contributed by atoms with van der Waals surface area (Å²) in [6.07, 6.45) is 0. The zero-order valence-electron chi connectivity index (χ0n) is 16.5. The molecule has 1 N–H and O–H groups in total. The molecule has 1 amide bonds. The molecule has 0 saturated heterocycles. The first-order chi connectivity index (χ1) is 14.5. The van der Waals surface area contributed by atoms with E-state index in [1.165, 1.54) is 38.4 Å². The number of amides is 1. The lowest BCUT2D eigenvalue weighted by Crippen LogP contribution is -2.35. The van der Waals surface area contributed by atoms with Gasteiger partial charge >= 0.3 is 0 Å². The van der Waals surface area contributed by atoms with Crippen LogP contribution in [0.15, 0.2) is 64.4 Å². The molecular formula is C20H18ClN3O5S2. The summed E-state index contributed by atoms with van der Waals surface area (Å²) >= 11 is 6.13. The van der Waals surface area contributed by atoms with E-state index in [0.29, 0.717) is 11.1 Å². The third-order valence-electron chi connectivity index (χ3n) is 4.96. The molecule has 0 aromatic heterocycles. The van der Waals surface area contributed by atoms with Crippen LogP contribution in [-0.2, 0) is 24.8 Å². The number of hydrogen-bond acceptors (Lipinski definition) is 5. The summed E-state index contributed by atoms with van der Waals surface area (Å²) in [7, 11) is -4.87. The Morgan fingerprint density at radius 3 is 2.45 bits per heavy atom. The summed E-state index contributed by atoms with van der Waals surface area (Å²) in [6.45, 7) is -0.489. The van der Waals surface area contributed by atoms with Crippen molar-refractivity contribution >= 4 is 59.7 Å². The predicted molar refractivity (Wildman–Crippen MR) is 119 cm³/mol. The number of hydrogen-bond donors (Lipinski definition) is 1. The van der Waals surface area contributed by atoms with Gasteiger partial charge in [0.15, 0.2) is 0 Å². The summed E-state index contributed by atoms with van der Waals surface area (Å²) in [5.74, 6) is -0.658. The van der Waals surface area contributed by atoms with Crippen molar-refractivity contribution < 1.29 is 21.6 Å². The molecule has 162 valence electrons. The summed E-state index contributed by atoms with van der Waals surface area (Å²) in [6, 6.07) is 14.1. The minimum atomic E-state index is -3.90. The minimum Gasteiger partial charge on any atom is -0.323 e. The van der Waals surface area contributed by atoms with Crippen molar-refractivity contribution in [3.05, 3.63) is 59.6 Å². The Balaban J connectivity index is 1.65. The van der Waals surface area contributed by atoms with E-state index in [1.807, 2.05) is 0 Å². The molecule has 1 aliphatic heterocycles. The number of carbonyl (C=O) groups is 1. The predicted octanol–water partition coefficient (Wildman–Crippen LogP) is 2.89. The van der Waals surface area contributed by atoms with Crippen LogP contribution in [0.3, 0.4) is 0 Å². The number of benzene rings is 3. The van der Waals surface area contributed by atoms with Crippen LogP contribution in [0.4, 0.5) is 11.4 Å². The van der Waals surface area contributed by atoms with E-state index in [-0.39, 0.29) is 20.5 Å². The SMILES string of the molecule is CN(C)S(=O)(=O)c1ccc(Cl)c(NC(=O)CN2c3cccc4cccc(c34)S2(=O)=O)c1. The Labute approximate surface area is 185 Å². The van der Waals surface area contributed by atoms with Gasteiger partial charge in [-0.05, 0) is 35.7 Å². The molecule has 3 aromatic rings. The van der Waals surface area contributed by atoms with Gasteiger partial charge in [-0.2, -0.15) is 0 Å². The Hall–Kier alpha value is -2.66. The maximum atomic E-state index is 13.0. The summed E-state index contributed by atoms with van der Waals surface area (Å²) in [5.41, 5.74) is 0.486. The molecule has 0 bridgehead atoms. The Morgan fingerprint density at radius 2 is 1.77 bits per heavy atom. The highest BCUT2D eigenvalue weighted by atomic mass is 35.5. The maximum Gasteiger partial charge on any atom is 0.265 e. The van der Waals surface area contributed by atoms with Gasteiger partial charge in [0.2, 0.25) is 15.9 Å². The molecule has 0 fully saturated rings. The third kappa shape index (κ3) is 3.55. The second kappa shape index (κ2) is 7.49. The van der Waals surface area contributed by atoms with Gasteiger partial charge in [0.1, 0.15) is 6.54 Å². The smallest absolute Gasteiger partial charge is 0.265 e. The molecule has 0 saturated carbocycles. The average Bonchev–Trinajstić information content (AvgIpc) is 2.93. The molecule has 4 rings (SSSR count). The Morgan fingerprint density at radius 1 is 1.10 bits per heavy atom. The molecule has 0 spiro atoms. The first kappa shape index (κ1) is 21.6. The lowest BCUT2D eigenvalue weighted by Gasteiger charge is -2.19. The summed E-state index contributed by atoms with van der Waals surface area (Å²) in [5, 5.41) is 3.97. The van der Waals surface area contributed by atoms with Gasteiger partial charge in [-0.1, -0.05) is 35.9 Å². The van der Waals surface area contributed by atoms with Gasteiger partial charge in [0.05, 0.1) is 26.2 Å². The van der Waals surface area contributed by atoms with Crippen molar-refractivity contribution in [2.75, 3.05) is 30.3 Å². The molecule has 1 aliphatic rings. The molecule has 3 aromatic carbocycles. The van der Waals surface area contributed by atoms with Crippen LogP contribution in [-0.4, -0.2) is 47.7 Å². The van der Waals surface area contributed by atoms with Crippen molar-refractivity contribution in [2.45, 2.75) is 9.79 Å². The van der Waals surface area contributed by atoms with Crippen LogP contribution < -0.4 is 9.62 Å². The van der Waals surface area contributed by atoms with E-state index in [2.05, 4.69) is 5.32 Å². The van der Waals surface area contributed by atoms with E-state index in [4.69, 9.17) is 11.6 Å². The maximum absolute atomic E-state index is 13.0. The van der Waals surface area contributed by atoms with Gasteiger partial charge in [-0.15, -0.1) is 0 Å². The van der Waals surface area contributed by atoms with Crippen LogP contribution in [0.25, 0.3) is 10.8 Å². The second-order valence-corrected chi connectivity index (χ2v) is 11.5. The largest absolute Gasteiger partial charge is 0.323 e. The molecule has 31 heavy (non-hydrogen) atoms. The molecule has 0 radical (unpaired) electrons. The number of sulfonamides is 2. The summed E-state index contributed by atoms with van der Waals surface area (Å²) < 4.78 is 52.8. The van der Waals surface area contributed by atoms with Gasteiger partial charge in [0.25, 0.3) is 10.0 Å². The highest BCUT2D eigenvalue weighted by Crippen LogP contribution is 2.41. The second-order valence-electron chi connectivity index (χ2n) is 7.12. The fourth-order valence-electron chi connectivity index (χ4n) is 3.42. The van der Waals surface area contributed by atoms with Crippen LogP contribution in [0, 0.1) is 0 Å². The van der Waals surface area contributed by atoms with Crippen molar-refractivity contribution in [2.24, 2.45) is 0 Å². The number of rotatable bonds is 5. The zero-order chi connectivity index (χ0) is 22.6. The normalized spacial score (nSPS) is 14.9. The van der Waals surface area contributed by atoms with Gasteiger partial charge < -0.3 is 5.32 Å². The lowest BCUT2D eigenvalue weighted by atomic mass is 10.1. The number of nitrogens with zero attached hydrogens (tertiary/aromatic N) is 2. The highest BCUT2D eigenvalue weighted by Gasteiger charge is 2.36. The zero-order valence-corrected chi connectivity index (χ0v) is 18.9. The molecular weight excluding hydrogens is 462 g/mol. The van der Waals surface area contributed by atoms with E-state index in [9.17, 15) is 21.6 Å². The van der Waals surface area contributed by atoms with Crippen LogP contribution in [0.2, 0.25) is 5.02 Å². The van der Waals surface area contributed by atoms with Crippen LogP contribution in [0.1, 0.15) is 0 Å². The van der Waals surface area contributed by atoms with Crippen molar-refractivity contribution in [3.8, 4) is 0 Å². The van der Waals surface area contributed by atoms with Crippen LogP contribution >= 0.6 is 11.6 Å². The van der Waals surface area contributed by atoms with Crippen molar-refractivity contribution in [1.29, 1.82) is 0 Å². The lowest BCUT2D eigenvalue weighted by molar-refractivity contribution is -0.114. The van der Waals surface area contributed by atoms with Gasteiger partial charge in [-0.3, -0.25) is 9.10 Å². The summed E-state index contributed by atoms with van der Waals surface area (Å²) in [4.78, 5) is 12.8. The molecule has 0 aliphatic carbocycles. The van der Waals surface area contributed by atoms with E-state index >= 15 is 0 Å². The van der Waals surface area contributed by atoms with Crippen molar-refractivity contribution in [1.82, 2.24) is 4.31 Å². The van der Waals surface area contributed by atoms with Gasteiger partial charge in [-0.25, -0.2) is 21.1 Å². The number of anilines is 2. The molecule has 8 nitrogen and oxygen atoms in total. The fourth-order valence-corrected chi connectivity index (χ4v) is 6.18. The topological polar surface area (TPSA) is 104 Å². The first-order valence-corrected chi connectivity index (χ1v) is 12.4. The molecule has 0 atom stereocenters. The average molecular weight is 480 g/mol. The minimum absolute atomic E-state index is 0.0526. The first-order valence-electron chi connectivity index (χ1n) is 9.10. The quantitative estimate of drug-likeness (QED) is 0.606. The van der Waals surface area contributed by atoms with E-state index < -0.39 is 32.5 Å². The molecule has 0 unspecified atom stereocenters. The number of carbonyl (C=O) groups excluding carboxylic acids is 1. The van der Waals surface area contributed by atoms with Gasteiger partial charge in [0, 0.05) is 19.5 Å². The monoisotopic (exact) mass is 479 g/mol. The molecule has 11 heteroatoms. The van der Waals surface area contributed by atoms with Crippen LogP contribution in [0.5, 0.6) is 0 Å². The number of halogens is 1. The Kier molecular flexibility index (Phi) is 5.21. The highest BCUT2D eigenvalue weighted by molar-refractivity contribution is 7.93. The third-order valence-corrected chi connectivity index (χ3v) is 8.90. The standard InChI is InChI=1S/C20H18ClN3O5S2/c1-23(2)30(26,27)14-9-10-15(21)16(11-14)22-19(25)12-24-17-7-3-5-13-6-4-8-18(20(13)17)31(24,28)29/h3-11H,12H2,1-2H3,(H,22,25). The van der Waals surface area contributed by atoms with Crippen molar-refractivity contribution in [3.63, 3.8) is 0 Å². The van der Waals surface area contributed by atoms with E-state index in [0.717, 1.165) is 14.0 Å². The van der Waals surface area contributed by atoms with E-state index in [1.54, 1.807) is 30.3 Å². The fraction of sp³-hybridized carbons (Fsp3) is 0.150. The Bertz CT molecular complexity index is 1430. The molecule has 1 heterocycles.